The van der Waals surface area contributed by atoms with Crippen LogP contribution in [0.15, 0.2) is 51.9 Å². The molecule has 0 aliphatic carbocycles. The van der Waals surface area contributed by atoms with Gasteiger partial charge in [-0.3, -0.25) is 4.79 Å². The van der Waals surface area contributed by atoms with E-state index < -0.39 is 29.4 Å². The summed E-state index contributed by atoms with van der Waals surface area (Å²) < 4.78 is 30.5. The molecule has 1 heterocycles. The molecule has 11 heteroatoms. The Morgan fingerprint density at radius 2 is 1.57 bits per heavy atom. The lowest BCUT2D eigenvalue weighted by atomic mass is 10.0. The lowest BCUT2D eigenvalue weighted by molar-refractivity contribution is -0.149. The largest absolute Gasteiger partial charge is 0.479 e. The van der Waals surface area contributed by atoms with Gasteiger partial charge in [0.25, 0.3) is 0 Å². The average Bonchev–Trinajstić information content (AvgIpc) is 2.80. The molecule has 11 nitrogen and oxygen atoms in total. The number of ether oxygens (including phenoxy) is 5. The molecule has 3 rings (SSSR count). The van der Waals surface area contributed by atoms with E-state index in [-0.39, 0.29) is 41.2 Å². The van der Waals surface area contributed by atoms with Crippen molar-refractivity contribution in [3.8, 4) is 22.6 Å². The Bertz CT molecular complexity index is 1290. The van der Waals surface area contributed by atoms with Crippen molar-refractivity contribution in [2.45, 2.75) is 6.10 Å². The summed E-state index contributed by atoms with van der Waals surface area (Å²) in [5.74, 6) is -2.88. The first-order chi connectivity index (χ1) is 16.8. The van der Waals surface area contributed by atoms with E-state index >= 15 is 0 Å². The van der Waals surface area contributed by atoms with Crippen LogP contribution in [0.4, 0.5) is 0 Å². The van der Waals surface area contributed by atoms with E-state index in [0.29, 0.717) is 11.1 Å². The van der Waals surface area contributed by atoms with Gasteiger partial charge in [0, 0.05) is 33.5 Å². The van der Waals surface area contributed by atoms with Crippen LogP contribution < -0.4 is 14.9 Å². The van der Waals surface area contributed by atoms with Crippen LogP contribution in [0.1, 0.15) is 11.7 Å². The lowest BCUT2D eigenvalue weighted by Crippen LogP contribution is -2.17. The Morgan fingerprint density at radius 1 is 0.943 bits per heavy atom. The van der Waals surface area contributed by atoms with Crippen molar-refractivity contribution in [2.24, 2.45) is 0 Å². The van der Waals surface area contributed by atoms with Gasteiger partial charge >= 0.3 is 17.9 Å². The fourth-order valence-corrected chi connectivity index (χ4v) is 3.30. The molecule has 0 aliphatic rings. The quantitative estimate of drug-likeness (QED) is 0.332. The molecule has 2 aromatic carbocycles. The molecule has 0 saturated carbocycles. The normalized spacial score (nSPS) is 11.7. The molecule has 1 atom stereocenters. The minimum absolute atomic E-state index is 0.00336. The minimum atomic E-state index is -1.16. The Morgan fingerprint density at radius 3 is 2.14 bits per heavy atom. The van der Waals surface area contributed by atoms with Gasteiger partial charge in [-0.2, -0.15) is 0 Å². The zero-order chi connectivity index (χ0) is 25.5. The molecule has 0 aliphatic heterocycles. The second-order valence-electron chi connectivity index (χ2n) is 7.16. The van der Waals surface area contributed by atoms with E-state index in [1.807, 2.05) is 0 Å². The van der Waals surface area contributed by atoms with Gasteiger partial charge in [-0.05, 0) is 11.1 Å². The highest BCUT2D eigenvalue weighted by molar-refractivity contribution is 5.91. The maximum Gasteiger partial charge on any atom is 0.337 e. The smallest absolute Gasteiger partial charge is 0.337 e. The summed E-state index contributed by atoms with van der Waals surface area (Å²) in [5, 5.41) is 9.18. The summed E-state index contributed by atoms with van der Waals surface area (Å²) in [6, 6.07) is 8.63. The second kappa shape index (κ2) is 11.4. The monoisotopic (exact) mass is 486 g/mol. The van der Waals surface area contributed by atoms with E-state index in [4.69, 9.17) is 28.1 Å². The van der Waals surface area contributed by atoms with Gasteiger partial charge < -0.3 is 33.2 Å². The third kappa shape index (κ3) is 5.90. The fourth-order valence-electron chi connectivity index (χ4n) is 3.30. The van der Waals surface area contributed by atoms with E-state index in [0.717, 1.165) is 0 Å². The Kier molecular flexibility index (Phi) is 8.31. The maximum absolute atomic E-state index is 13.4. The fraction of sp³-hybridized carbons (Fsp3) is 0.250. The van der Waals surface area contributed by atoms with Crippen molar-refractivity contribution in [1.82, 2.24) is 0 Å². The van der Waals surface area contributed by atoms with E-state index in [9.17, 15) is 24.3 Å². The first-order valence-corrected chi connectivity index (χ1v) is 10.1. The van der Waals surface area contributed by atoms with Gasteiger partial charge in [0.2, 0.25) is 5.43 Å². The van der Waals surface area contributed by atoms with Crippen molar-refractivity contribution < 1.29 is 47.6 Å². The molecule has 184 valence electrons. The Balaban J connectivity index is 2.09. The molecule has 1 N–H and O–H groups in total. The SMILES string of the molecule is COCC(=O)Oc1cc(OC(=O)COC)c2c(=O)c(-c3ccc(C(OC)C(=O)O)cc3)coc2c1. The molecule has 0 saturated heterocycles. The van der Waals surface area contributed by atoms with Gasteiger partial charge in [0.15, 0.2) is 6.10 Å². The number of fused-ring (bicyclic) bond motifs is 1. The van der Waals surface area contributed by atoms with Crippen LogP contribution in [-0.4, -0.2) is 57.6 Å². The van der Waals surface area contributed by atoms with Gasteiger partial charge in [-0.15, -0.1) is 0 Å². The highest BCUT2D eigenvalue weighted by Gasteiger charge is 2.21. The van der Waals surface area contributed by atoms with Crippen LogP contribution in [0.3, 0.4) is 0 Å². The second-order valence-corrected chi connectivity index (χ2v) is 7.16. The zero-order valence-corrected chi connectivity index (χ0v) is 19.1. The van der Waals surface area contributed by atoms with Crippen molar-refractivity contribution in [2.75, 3.05) is 34.5 Å². The van der Waals surface area contributed by atoms with Crippen molar-refractivity contribution in [3.05, 3.63) is 58.4 Å². The van der Waals surface area contributed by atoms with Crippen molar-refractivity contribution >= 4 is 28.9 Å². The molecule has 1 unspecified atom stereocenters. The molecule has 0 spiro atoms. The summed E-state index contributed by atoms with van der Waals surface area (Å²) in [7, 11) is 3.90. The standard InChI is InChI=1S/C24H22O11/c1-30-11-19(25)34-15-8-17-21(18(9-15)35-20(26)12-31-2)22(27)16(10-33-17)13-4-6-14(7-5-13)23(32-3)24(28)29/h4-10,23H,11-12H2,1-3H3,(H,28,29). The Labute approximate surface area is 198 Å². The predicted octanol–water partition coefficient (Wildman–Crippen LogP) is 2.34. The molecule has 1 aromatic heterocycles. The predicted molar refractivity (Wildman–Crippen MR) is 120 cm³/mol. The van der Waals surface area contributed by atoms with Crippen LogP contribution in [0.2, 0.25) is 0 Å². The highest BCUT2D eigenvalue weighted by Crippen LogP contribution is 2.32. The molecule has 0 fully saturated rings. The molecule has 0 radical (unpaired) electrons. The number of carboxylic acids is 1. The lowest BCUT2D eigenvalue weighted by Gasteiger charge is -2.12. The third-order valence-corrected chi connectivity index (χ3v) is 4.78. The summed E-state index contributed by atoms with van der Waals surface area (Å²) in [6.45, 7) is -0.701. The Hall–Kier alpha value is -4.06. The van der Waals surface area contributed by atoms with Crippen LogP contribution >= 0.6 is 0 Å². The molecule has 0 bridgehead atoms. The first kappa shape index (κ1) is 25.6. The van der Waals surface area contributed by atoms with Gasteiger partial charge in [-0.1, -0.05) is 24.3 Å². The molecule has 0 amide bonds. The van der Waals surface area contributed by atoms with Gasteiger partial charge in [0.1, 0.15) is 41.9 Å². The first-order valence-electron chi connectivity index (χ1n) is 10.1. The van der Waals surface area contributed by atoms with Crippen LogP contribution in [0.5, 0.6) is 11.5 Å². The number of carbonyl (C=O) groups is 3. The van der Waals surface area contributed by atoms with E-state index in [1.54, 1.807) is 12.1 Å². The topological polar surface area (TPSA) is 148 Å². The summed E-state index contributed by atoms with van der Waals surface area (Å²) >= 11 is 0. The number of carbonyl (C=O) groups excluding carboxylic acids is 2. The number of hydrogen-bond donors (Lipinski definition) is 1. The summed E-state index contributed by atoms with van der Waals surface area (Å²) in [6.07, 6.45) is 0.0368. The minimum Gasteiger partial charge on any atom is -0.479 e. The number of aliphatic carboxylic acids is 1. The van der Waals surface area contributed by atoms with Crippen molar-refractivity contribution in [1.29, 1.82) is 0 Å². The third-order valence-electron chi connectivity index (χ3n) is 4.78. The van der Waals surface area contributed by atoms with Crippen LogP contribution in [0.25, 0.3) is 22.1 Å². The van der Waals surface area contributed by atoms with Crippen LogP contribution in [-0.2, 0) is 28.6 Å². The zero-order valence-electron chi connectivity index (χ0n) is 19.1. The number of rotatable bonds is 10. The number of esters is 2. The van der Waals surface area contributed by atoms with Crippen LogP contribution in [0, 0.1) is 0 Å². The molecule has 35 heavy (non-hydrogen) atoms. The molecule has 3 aromatic rings. The summed E-state index contributed by atoms with van der Waals surface area (Å²) in [4.78, 5) is 48.6. The number of carboxylic acid groups (broad SMARTS) is 1. The van der Waals surface area contributed by atoms with Gasteiger partial charge in [0.05, 0.1) is 5.56 Å². The molecular formula is C24H22O11. The maximum atomic E-state index is 13.4. The number of hydrogen-bond acceptors (Lipinski definition) is 10. The van der Waals surface area contributed by atoms with E-state index in [1.165, 1.54) is 51.9 Å². The van der Waals surface area contributed by atoms with E-state index in [2.05, 4.69) is 0 Å². The molecular weight excluding hydrogens is 464 g/mol. The number of methoxy groups -OCH3 is 3. The van der Waals surface area contributed by atoms with Crippen molar-refractivity contribution in [3.63, 3.8) is 0 Å². The van der Waals surface area contributed by atoms with Gasteiger partial charge in [-0.25, -0.2) is 14.4 Å². The average molecular weight is 486 g/mol. The summed E-state index contributed by atoms with van der Waals surface area (Å²) in [5.41, 5.74) is 0.403. The highest BCUT2D eigenvalue weighted by atomic mass is 16.6. The number of benzene rings is 2.